The quantitative estimate of drug-likeness (QED) is 0.725. The molecule has 1 aromatic heterocycles. The molecule has 0 bridgehead atoms. The molecule has 0 saturated carbocycles. The summed E-state index contributed by atoms with van der Waals surface area (Å²) in [4.78, 5) is 12.1. The van der Waals surface area contributed by atoms with Gasteiger partial charge in [0, 0.05) is 11.1 Å². The minimum absolute atomic E-state index is 0.393. The van der Waals surface area contributed by atoms with Gasteiger partial charge in [-0.15, -0.1) is 0 Å². The van der Waals surface area contributed by atoms with Gasteiger partial charge in [-0.25, -0.2) is 9.18 Å². The molecule has 0 spiro atoms. The molecule has 0 radical (unpaired) electrons. The monoisotopic (exact) mass is 255 g/mol. The maximum Gasteiger partial charge on any atom is 0.347 e. The van der Waals surface area contributed by atoms with Crippen LogP contribution in [0.1, 0.15) is 0 Å². The lowest BCUT2D eigenvalue weighted by Gasteiger charge is -2.05. The van der Waals surface area contributed by atoms with Gasteiger partial charge in [-0.05, 0) is 24.3 Å². The van der Waals surface area contributed by atoms with Crippen LogP contribution in [0.4, 0.5) is 14.9 Å². The highest BCUT2D eigenvalue weighted by Gasteiger charge is 2.10. The van der Waals surface area contributed by atoms with Gasteiger partial charge in [-0.1, -0.05) is 24.3 Å². The first-order valence-corrected chi connectivity index (χ1v) is 5.74. The Morgan fingerprint density at radius 2 is 2.00 bits per heavy atom. The van der Waals surface area contributed by atoms with Crippen molar-refractivity contribution in [1.29, 1.82) is 0 Å². The standard InChI is InChI=1S/C14H10FN3O/c15-11-5-3-6-12(8-11)17-14(19)18-13-7-2-1-4-10(13)9-16-18/h1-9H,(H,17,19). The van der Waals surface area contributed by atoms with Crippen molar-refractivity contribution >= 4 is 22.6 Å². The number of benzene rings is 2. The number of para-hydroxylation sites is 1. The number of carbonyl (C=O) groups is 1. The molecule has 94 valence electrons. The Kier molecular flexibility index (Phi) is 2.72. The first-order chi connectivity index (χ1) is 9.24. The summed E-state index contributed by atoms with van der Waals surface area (Å²) in [5.74, 6) is -0.400. The average molecular weight is 255 g/mol. The lowest BCUT2D eigenvalue weighted by molar-refractivity contribution is 0.252. The normalized spacial score (nSPS) is 10.6. The largest absolute Gasteiger partial charge is 0.347 e. The van der Waals surface area contributed by atoms with E-state index in [1.807, 2.05) is 18.2 Å². The Balaban J connectivity index is 1.92. The number of fused-ring (bicyclic) bond motifs is 1. The van der Waals surface area contributed by atoms with Crippen LogP contribution in [0.2, 0.25) is 0 Å². The molecule has 0 aliphatic rings. The number of nitrogens with zero attached hydrogens (tertiary/aromatic N) is 2. The molecule has 4 nitrogen and oxygen atoms in total. The van der Waals surface area contributed by atoms with Crippen LogP contribution >= 0.6 is 0 Å². The minimum Gasteiger partial charge on any atom is -0.306 e. The van der Waals surface area contributed by atoms with E-state index in [4.69, 9.17) is 0 Å². The van der Waals surface area contributed by atoms with Crippen LogP contribution in [-0.4, -0.2) is 15.8 Å². The number of carbonyl (C=O) groups excluding carboxylic acids is 1. The third-order valence-corrected chi connectivity index (χ3v) is 2.75. The Morgan fingerprint density at radius 1 is 1.16 bits per heavy atom. The summed E-state index contributed by atoms with van der Waals surface area (Å²) >= 11 is 0. The summed E-state index contributed by atoms with van der Waals surface area (Å²) < 4.78 is 14.3. The first kappa shape index (κ1) is 11.4. The molecule has 2 aromatic carbocycles. The van der Waals surface area contributed by atoms with Crippen LogP contribution in [-0.2, 0) is 0 Å². The van der Waals surface area contributed by atoms with Crippen molar-refractivity contribution in [2.45, 2.75) is 0 Å². The third-order valence-electron chi connectivity index (χ3n) is 2.75. The molecule has 3 aromatic rings. The Hall–Kier alpha value is -2.69. The topological polar surface area (TPSA) is 46.9 Å². The zero-order chi connectivity index (χ0) is 13.2. The van der Waals surface area contributed by atoms with Gasteiger partial charge in [0.1, 0.15) is 5.82 Å². The van der Waals surface area contributed by atoms with Crippen LogP contribution in [0.3, 0.4) is 0 Å². The second kappa shape index (κ2) is 4.53. The van der Waals surface area contributed by atoms with Gasteiger partial charge in [0.2, 0.25) is 0 Å². The molecular formula is C14H10FN3O. The second-order valence-corrected chi connectivity index (χ2v) is 4.06. The number of aromatic nitrogens is 2. The highest BCUT2D eigenvalue weighted by molar-refractivity contribution is 5.97. The van der Waals surface area contributed by atoms with Crippen molar-refractivity contribution in [3.8, 4) is 0 Å². The van der Waals surface area contributed by atoms with Crippen LogP contribution in [0.5, 0.6) is 0 Å². The molecule has 0 atom stereocenters. The summed E-state index contributed by atoms with van der Waals surface area (Å²) in [6.07, 6.45) is 1.61. The Bertz CT molecular complexity index is 751. The molecule has 1 N–H and O–H groups in total. The lowest BCUT2D eigenvalue weighted by Crippen LogP contribution is -2.20. The van der Waals surface area contributed by atoms with Gasteiger partial charge in [-0.2, -0.15) is 9.78 Å². The Labute approximate surface area is 108 Å². The van der Waals surface area contributed by atoms with Gasteiger partial charge in [0.15, 0.2) is 0 Å². The fraction of sp³-hybridized carbons (Fsp3) is 0. The maximum atomic E-state index is 13.0. The number of anilines is 1. The van der Waals surface area contributed by atoms with Crippen molar-refractivity contribution in [3.05, 3.63) is 60.5 Å². The van der Waals surface area contributed by atoms with E-state index in [0.717, 1.165) is 5.39 Å². The van der Waals surface area contributed by atoms with Crippen molar-refractivity contribution in [2.75, 3.05) is 5.32 Å². The van der Waals surface area contributed by atoms with E-state index < -0.39 is 11.8 Å². The molecule has 1 heterocycles. The summed E-state index contributed by atoms with van der Waals surface area (Å²) in [5, 5.41) is 7.50. The summed E-state index contributed by atoms with van der Waals surface area (Å²) in [6, 6.07) is 12.7. The third kappa shape index (κ3) is 2.18. The molecule has 1 amide bonds. The average Bonchev–Trinajstić information content (AvgIpc) is 2.82. The van der Waals surface area contributed by atoms with E-state index in [-0.39, 0.29) is 0 Å². The number of hydrogen-bond acceptors (Lipinski definition) is 2. The molecule has 0 unspecified atom stereocenters. The summed E-state index contributed by atoms with van der Waals surface area (Å²) in [5.41, 5.74) is 1.10. The number of amides is 1. The molecule has 19 heavy (non-hydrogen) atoms. The van der Waals surface area contributed by atoms with Crippen LogP contribution in [0.15, 0.2) is 54.7 Å². The molecule has 0 aliphatic carbocycles. The zero-order valence-corrected chi connectivity index (χ0v) is 9.88. The maximum absolute atomic E-state index is 13.0. The SMILES string of the molecule is O=C(Nc1cccc(F)c1)n1ncc2ccccc21. The molecular weight excluding hydrogens is 245 g/mol. The smallest absolute Gasteiger partial charge is 0.306 e. The second-order valence-electron chi connectivity index (χ2n) is 4.06. The highest BCUT2D eigenvalue weighted by Crippen LogP contribution is 2.14. The molecule has 0 saturated heterocycles. The highest BCUT2D eigenvalue weighted by atomic mass is 19.1. The van der Waals surface area contributed by atoms with E-state index >= 15 is 0 Å². The zero-order valence-electron chi connectivity index (χ0n) is 9.88. The first-order valence-electron chi connectivity index (χ1n) is 5.74. The predicted molar refractivity (Wildman–Crippen MR) is 70.5 cm³/mol. The van der Waals surface area contributed by atoms with Gasteiger partial charge in [-0.3, -0.25) is 0 Å². The van der Waals surface area contributed by atoms with E-state index in [0.29, 0.717) is 11.2 Å². The summed E-state index contributed by atoms with van der Waals surface area (Å²) in [6.45, 7) is 0. The predicted octanol–water partition coefficient (Wildman–Crippen LogP) is 3.26. The van der Waals surface area contributed by atoms with Crippen LogP contribution in [0, 0.1) is 5.82 Å². The van der Waals surface area contributed by atoms with E-state index in [1.54, 1.807) is 18.3 Å². The van der Waals surface area contributed by atoms with Crippen molar-refractivity contribution in [1.82, 2.24) is 9.78 Å². The van der Waals surface area contributed by atoms with Gasteiger partial charge in [0.25, 0.3) is 0 Å². The number of halogens is 1. The van der Waals surface area contributed by atoms with Crippen molar-refractivity contribution in [3.63, 3.8) is 0 Å². The van der Waals surface area contributed by atoms with Gasteiger partial charge in [0.05, 0.1) is 11.7 Å². The fourth-order valence-electron chi connectivity index (χ4n) is 1.88. The molecule has 3 rings (SSSR count). The molecule has 0 fully saturated rings. The van der Waals surface area contributed by atoms with E-state index in [1.165, 1.54) is 22.9 Å². The number of rotatable bonds is 1. The van der Waals surface area contributed by atoms with E-state index in [2.05, 4.69) is 10.4 Å². The Morgan fingerprint density at radius 3 is 2.84 bits per heavy atom. The summed E-state index contributed by atoms with van der Waals surface area (Å²) in [7, 11) is 0. The number of nitrogens with one attached hydrogen (secondary N) is 1. The van der Waals surface area contributed by atoms with Crippen LogP contribution < -0.4 is 5.32 Å². The molecule has 5 heteroatoms. The van der Waals surface area contributed by atoms with Crippen LogP contribution in [0.25, 0.3) is 10.9 Å². The number of hydrogen-bond donors (Lipinski definition) is 1. The molecule has 0 aliphatic heterocycles. The van der Waals surface area contributed by atoms with E-state index in [9.17, 15) is 9.18 Å². The van der Waals surface area contributed by atoms with Crippen molar-refractivity contribution in [2.24, 2.45) is 0 Å². The van der Waals surface area contributed by atoms with Crippen molar-refractivity contribution < 1.29 is 9.18 Å². The minimum atomic E-state index is -0.424. The van der Waals surface area contributed by atoms with Gasteiger partial charge < -0.3 is 5.32 Å². The lowest BCUT2D eigenvalue weighted by atomic mass is 10.3. The van der Waals surface area contributed by atoms with Gasteiger partial charge >= 0.3 is 6.03 Å². The fourth-order valence-corrected chi connectivity index (χ4v) is 1.88.